The first-order chi connectivity index (χ1) is 10.2. The van der Waals surface area contributed by atoms with Crippen molar-refractivity contribution < 1.29 is 14.0 Å². The predicted molar refractivity (Wildman–Crippen MR) is 75.2 cm³/mol. The van der Waals surface area contributed by atoms with Crippen molar-refractivity contribution in [2.75, 3.05) is 0 Å². The number of rotatable bonds is 3. The molecule has 21 heavy (non-hydrogen) atoms. The molecule has 108 valence electrons. The predicted octanol–water partition coefficient (Wildman–Crippen LogP) is 1.26. The van der Waals surface area contributed by atoms with Gasteiger partial charge in [0.1, 0.15) is 5.69 Å². The Morgan fingerprint density at radius 3 is 3.05 bits per heavy atom. The Morgan fingerprint density at radius 1 is 1.43 bits per heavy atom. The minimum absolute atomic E-state index is 0.176. The van der Waals surface area contributed by atoms with E-state index in [4.69, 9.17) is 4.42 Å². The molecule has 0 radical (unpaired) electrons. The van der Waals surface area contributed by atoms with Crippen LogP contribution >= 0.6 is 0 Å². The zero-order valence-corrected chi connectivity index (χ0v) is 11.3. The van der Waals surface area contributed by atoms with E-state index in [0.29, 0.717) is 35.0 Å². The van der Waals surface area contributed by atoms with Gasteiger partial charge in [0.2, 0.25) is 0 Å². The van der Waals surface area contributed by atoms with Gasteiger partial charge in [-0.1, -0.05) is 0 Å². The summed E-state index contributed by atoms with van der Waals surface area (Å²) >= 11 is 0. The Bertz CT molecular complexity index is 724. The lowest BCUT2D eigenvalue weighted by atomic mass is 9.95. The molecule has 2 aliphatic heterocycles. The van der Waals surface area contributed by atoms with Crippen LogP contribution in [-0.4, -0.2) is 35.3 Å². The summed E-state index contributed by atoms with van der Waals surface area (Å²) in [6.07, 6.45) is 5.42. The monoisotopic (exact) mass is 285 g/mol. The number of carbonyl (C=O) groups is 2. The van der Waals surface area contributed by atoms with Crippen molar-refractivity contribution in [2.45, 2.75) is 37.4 Å². The molecule has 2 N–H and O–H groups in total. The van der Waals surface area contributed by atoms with Crippen LogP contribution in [0.3, 0.4) is 0 Å². The summed E-state index contributed by atoms with van der Waals surface area (Å²) in [7, 11) is 0. The molecule has 6 nitrogen and oxygen atoms in total. The molecule has 0 aliphatic carbocycles. The van der Waals surface area contributed by atoms with Crippen molar-refractivity contribution in [3.05, 3.63) is 29.8 Å². The number of hydrogen-bond donors (Lipinski definition) is 2. The van der Waals surface area contributed by atoms with Gasteiger partial charge in [0.25, 0.3) is 5.91 Å². The molecular weight excluding hydrogens is 270 g/mol. The van der Waals surface area contributed by atoms with Gasteiger partial charge in [-0.3, -0.25) is 9.59 Å². The fraction of sp³-hybridized carbons (Fsp3) is 0.400. The van der Waals surface area contributed by atoms with E-state index in [2.05, 4.69) is 15.6 Å². The van der Waals surface area contributed by atoms with Crippen molar-refractivity contribution in [3.63, 3.8) is 0 Å². The summed E-state index contributed by atoms with van der Waals surface area (Å²) in [5.41, 5.74) is 0.860. The van der Waals surface area contributed by atoms with E-state index in [1.54, 1.807) is 12.1 Å². The normalized spacial score (nSPS) is 27.1. The highest BCUT2D eigenvalue weighted by Gasteiger charge is 2.39. The highest BCUT2D eigenvalue weighted by molar-refractivity contribution is 5.96. The van der Waals surface area contributed by atoms with E-state index in [1.807, 2.05) is 0 Å². The van der Waals surface area contributed by atoms with Crippen LogP contribution in [0.2, 0.25) is 0 Å². The van der Waals surface area contributed by atoms with Gasteiger partial charge in [-0.25, -0.2) is 4.98 Å². The molecule has 2 aliphatic rings. The Balaban J connectivity index is 1.54. The molecule has 4 heterocycles. The molecule has 2 bridgehead atoms. The van der Waals surface area contributed by atoms with Gasteiger partial charge in [0.15, 0.2) is 17.6 Å². The maximum atomic E-state index is 12.3. The van der Waals surface area contributed by atoms with Crippen LogP contribution in [0.25, 0.3) is 11.0 Å². The number of aldehydes is 1. The first-order valence-electron chi connectivity index (χ1n) is 7.14. The van der Waals surface area contributed by atoms with Crippen LogP contribution in [0.1, 0.15) is 40.3 Å². The number of pyridine rings is 1. The Hall–Kier alpha value is -2.21. The lowest BCUT2D eigenvalue weighted by molar-refractivity contribution is 0.0925. The molecule has 2 aromatic heterocycles. The largest absolute Gasteiger partial charge is 0.452 e. The van der Waals surface area contributed by atoms with E-state index < -0.39 is 0 Å². The molecule has 0 unspecified atom stereocenters. The summed E-state index contributed by atoms with van der Waals surface area (Å²) < 4.78 is 5.25. The molecule has 0 spiro atoms. The second-order valence-corrected chi connectivity index (χ2v) is 5.74. The van der Waals surface area contributed by atoms with Gasteiger partial charge in [-0.05, 0) is 31.4 Å². The third-order valence-electron chi connectivity index (χ3n) is 4.39. The maximum Gasteiger partial charge on any atom is 0.270 e. The van der Waals surface area contributed by atoms with Crippen molar-refractivity contribution in [3.8, 4) is 0 Å². The van der Waals surface area contributed by atoms with Crippen LogP contribution in [0.4, 0.5) is 0 Å². The number of fused-ring (bicyclic) bond motifs is 3. The molecule has 2 fully saturated rings. The van der Waals surface area contributed by atoms with E-state index in [0.717, 1.165) is 12.8 Å². The smallest absolute Gasteiger partial charge is 0.270 e. The topological polar surface area (TPSA) is 84.2 Å². The standard InChI is InChI=1S/C15H15N3O3/c19-7-10-3-8-4-13(16-6-14(8)21-10)15(20)18-12-5-9-1-2-11(12)17-9/h3-4,6-7,9,11-12,17H,1-2,5H2,(H,18,20)/t9-,11+,12-/m1/s1. The van der Waals surface area contributed by atoms with Crippen LogP contribution in [0.15, 0.2) is 22.7 Å². The minimum atomic E-state index is -0.176. The van der Waals surface area contributed by atoms with Crippen LogP contribution < -0.4 is 10.6 Å². The fourth-order valence-electron chi connectivity index (χ4n) is 3.37. The number of nitrogens with one attached hydrogen (secondary N) is 2. The maximum absolute atomic E-state index is 12.3. The van der Waals surface area contributed by atoms with Crippen molar-refractivity contribution in [1.82, 2.24) is 15.6 Å². The number of nitrogens with zero attached hydrogens (tertiary/aromatic N) is 1. The second-order valence-electron chi connectivity index (χ2n) is 5.74. The number of hydrogen-bond acceptors (Lipinski definition) is 5. The Morgan fingerprint density at radius 2 is 2.33 bits per heavy atom. The third-order valence-corrected chi connectivity index (χ3v) is 4.39. The van der Waals surface area contributed by atoms with Crippen molar-refractivity contribution in [2.24, 2.45) is 0 Å². The Kier molecular flexibility index (Phi) is 2.78. The quantitative estimate of drug-likeness (QED) is 0.829. The van der Waals surface area contributed by atoms with Crippen LogP contribution in [-0.2, 0) is 0 Å². The zero-order valence-electron chi connectivity index (χ0n) is 11.3. The molecule has 2 aromatic rings. The summed E-state index contributed by atoms with van der Waals surface area (Å²) in [6.45, 7) is 0. The van der Waals surface area contributed by atoms with Gasteiger partial charge in [-0.2, -0.15) is 0 Å². The number of carbonyl (C=O) groups excluding carboxylic acids is 2. The minimum Gasteiger partial charge on any atom is -0.452 e. The van der Waals surface area contributed by atoms with Crippen LogP contribution in [0, 0.1) is 0 Å². The summed E-state index contributed by atoms with van der Waals surface area (Å²) in [5, 5.41) is 7.25. The molecule has 6 heteroatoms. The van der Waals surface area contributed by atoms with E-state index in [1.165, 1.54) is 12.6 Å². The molecule has 0 saturated carbocycles. The van der Waals surface area contributed by atoms with E-state index >= 15 is 0 Å². The van der Waals surface area contributed by atoms with E-state index in [-0.39, 0.29) is 17.7 Å². The van der Waals surface area contributed by atoms with E-state index in [9.17, 15) is 9.59 Å². The zero-order chi connectivity index (χ0) is 14.4. The number of furan rings is 1. The first kappa shape index (κ1) is 12.5. The number of aromatic nitrogens is 1. The molecule has 2 saturated heterocycles. The van der Waals surface area contributed by atoms with Gasteiger partial charge < -0.3 is 15.1 Å². The summed E-state index contributed by atoms with van der Waals surface area (Å²) in [5.74, 6) is 0.0618. The van der Waals surface area contributed by atoms with Crippen LogP contribution in [0.5, 0.6) is 0 Å². The lowest BCUT2D eigenvalue weighted by Crippen LogP contribution is -2.43. The highest BCUT2D eigenvalue weighted by atomic mass is 16.3. The van der Waals surface area contributed by atoms with Gasteiger partial charge in [0.05, 0.1) is 6.20 Å². The molecule has 4 rings (SSSR count). The SMILES string of the molecule is O=Cc1cc2cc(C(=O)N[C@@H]3C[C@H]4CC[C@@H]3N4)ncc2o1. The van der Waals surface area contributed by atoms with Crippen molar-refractivity contribution in [1.29, 1.82) is 0 Å². The van der Waals surface area contributed by atoms with Crippen molar-refractivity contribution >= 4 is 23.2 Å². The second kappa shape index (κ2) is 4.66. The summed E-state index contributed by atoms with van der Waals surface area (Å²) in [6, 6.07) is 4.38. The third kappa shape index (κ3) is 2.12. The first-order valence-corrected chi connectivity index (χ1v) is 7.14. The summed E-state index contributed by atoms with van der Waals surface area (Å²) in [4.78, 5) is 27.1. The molecule has 1 amide bonds. The number of amides is 1. The Labute approximate surface area is 120 Å². The lowest BCUT2D eigenvalue weighted by Gasteiger charge is -2.21. The van der Waals surface area contributed by atoms with Gasteiger partial charge >= 0.3 is 0 Å². The van der Waals surface area contributed by atoms with Gasteiger partial charge in [0, 0.05) is 23.5 Å². The average molecular weight is 285 g/mol. The molecular formula is C15H15N3O3. The fourth-order valence-corrected chi connectivity index (χ4v) is 3.37. The highest BCUT2D eigenvalue weighted by Crippen LogP contribution is 2.28. The molecule has 3 atom stereocenters. The molecule has 0 aromatic carbocycles. The van der Waals surface area contributed by atoms with Gasteiger partial charge in [-0.15, -0.1) is 0 Å². The average Bonchev–Trinajstić information content (AvgIpc) is 3.20.